The van der Waals surface area contributed by atoms with Gasteiger partial charge in [-0.3, -0.25) is 0 Å². The van der Waals surface area contributed by atoms with Crippen LogP contribution in [-0.4, -0.2) is 22.4 Å². The van der Waals surface area contributed by atoms with Crippen LogP contribution in [0.5, 0.6) is 0 Å². The lowest BCUT2D eigenvalue weighted by Gasteiger charge is -2.16. The Morgan fingerprint density at radius 1 is 0.643 bits per heavy atom. The van der Waals surface area contributed by atoms with Crippen LogP contribution in [0.2, 0.25) is 0 Å². The third-order valence-corrected chi connectivity index (χ3v) is 2.54. The monoisotopic (exact) mass is 196 g/mol. The van der Waals surface area contributed by atoms with Gasteiger partial charge in [-0.25, -0.2) is 0 Å². The molecule has 0 aliphatic heterocycles. The summed E-state index contributed by atoms with van der Waals surface area (Å²) in [6, 6.07) is 0. The van der Waals surface area contributed by atoms with Gasteiger partial charge in [0.25, 0.3) is 0 Å². The Morgan fingerprint density at radius 2 is 1.00 bits per heavy atom. The Morgan fingerprint density at radius 3 is 1.43 bits per heavy atom. The Hall–Kier alpha value is -0.600. The molecule has 0 saturated carbocycles. The minimum atomic E-state index is -0.563. The van der Waals surface area contributed by atoms with Gasteiger partial charge in [0.15, 0.2) is 0 Å². The summed E-state index contributed by atoms with van der Waals surface area (Å²) < 4.78 is 0. The Kier molecular flexibility index (Phi) is 5.57. The standard InChI is InChI=1S/C12H20O2/c13-11-9-7-5-3-1-2-4-6-8-10-12(11)14/h3-6,11-14H,1-2,7-10H2/b5-3-,6-4+/t11-,12-/m1/s1. The van der Waals surface area contributed by atoms with Gasteiger partial charge < -0.3 is 10.2 Å². The first kappa shape index (κ1) is 11.5. The minimum absolute atomic E-state index is 0.563. The lowest BCUT2D eigenvalue weighted by molar-refractivity contribution is 0.0111. The molecule has 2 N–H and O–H groups in total. The molecule has 1 aliphatic rings. The molecule has 1 aliphatic carbocycles. The maximum absolute atomic E-state index is 9.55. The van der Waals surface area contributed by atoms with Gasteiger partial charge in [0.2, 0.25) is 0 Å². The van der Waals surface area contributed by atoms with Crippen LogP contribution in [0, 0.1) is 0 Å². The number of rotatable bonds is 0. The largest absolute Gasteiger partial charge is 0.390 e. The molecule has 0 unspecified atom stereocenters. The molecule has 2 heteroatoms. The number of aliphatic hydroxyl groups is 2. The van der Waals surface area contributed by atoms with Crippen molar-refractivity contribution >= 4 is 0 Å². The molecule has 0 bridgehead atoms. The predicted octanol–water partition coefficient (Wildman–Crippen LogP) is 2.17. The van der Waals surface area contributed by atoms with Gasteiger partial charge in [-0.2, -0.15) is 0 Å². The van der Waals surface area contributed by atoms with Crippen molar-refractivity contribution in [2.45, 2.75) is 50.7 Å². The third kappa shape index (κ3) is 4.58. The van der Waals surface area contributed by atoms with Gasteiger partial charge in [0, 0.05) is 0 Å². The van der Waals surface area contributed by atoms with Crippen molar-refractivity contribution in [2.75, 3.05) is 0 Å². The highest BCUT2D eigenvalue weighted by molar-refractivity contribution is 4.90. The molecule has 0 aromatic heterocycles. The molecule has 14 heavy (non-hydrogen) atoms. The van der Waals surface area contributed by atoms with Crippen LogP contribution in [0.1, 0.15) is 38.5 Å². The van der Waals surface area contributed by atoms with Gasteiger partial charge in [-0.05, 0) is 38.5 Å². The number of allylic oxidation sites excluding steroid dienone is 4. The molecule has 0 spiro atoms. The molecule has 0 aromatic carbocycles. The Bertz CT molecular complexity index is 174. The quantitative estimate of drug-likeness (QED) is 0.583. The molecule has 1 rings (SSSR count). The number of aliphatic hydroxyl groups excluding tert-OH is 2. The van der Waals surface area contributed by atoms with Crippen LogP contribution in [0.3, 0.4) is 0 Å². The van der Waals surface area contributed by atoms with Crippen molar-refractivity contribution in [1.29, 1.82) is 0 Å². The fraction of sp³-hybridized carbons (Fsp3) is 0.667. The highest BCUT2D eigenvalue weighted by atomic mass is 16.3. The van der Waals surface area contributed by atoms with E-state index in [2.05, 4.69) is 24.3 Å². The molecule has 0 radical (unpaired) electrons. The molecule has 0 amide bonds. The van der Waals surface area contributed by atoms with Crippen molar-refractivity contribution in [3.63, 3.8) is 0 Å². The summed E-state index contributed by atoms with van der Waals surface area (Å²) in [5.74, 6) is 0. The van der Waals surface area contributed by atoms with Crippen LogP contribution in [0.15, 0.2) is 24.3 Å². The first-order chi connectivity index (χ1) is 6.80. The van der Waals surface area contributed by atoms with E-state index in [1.54, 1.807) is 0 Å². The highest BCUT2D eigenvalue weighted by Gasteiger charge is 2.14. The van der Waals surface area contributed by atoms with E-state index in [1.165, 1.54) is 0 Å². The summed E-state index contributed by atoms with van der Waals surface area (Å²) in [5, 5.41) is 19.1. The van der Waals surface area contributed by atoms with Crippen LogP contribution in [-0.2, 0) is 0 Å². The van der Waals surface area contributed by atoms with Crippen LogP contribution in [0.4, 0.5) is 0 Å². The van der Waals surface area contributed by atoms with Crippen molar-refractivity contribution in [2.24, 2.45) is 0 Å². The third-order valence-electron chi connectivity index (χ3n) is 2.54. The van der Waals surface area contributed by atoms with E-state index in [9.17, 15) is 10.2 Å². The van der Waals surface area contributed by atoms with Crippen molar-refractivity contribution in [1.82, 2.24) is 0 Å². The van der Waals surface area contributed by atoms with Crippen molar-refractivity contribution < 1.29 is 10.2 Å². The van der Waals surface area contributed by atoms with E-state index in [1.807, 2.05) is 0 Å². The Balaban J connectivity index is 2.41. The molecular weight excluding hydrogens is 176 g/mol. The number of hydrogen-bond acceptors (Lipinski definition) is 2. The summed E-state index contributed by atoms with van der Waals surface area (Å²) in [6.45, 7) is 0. The molecule has 0 saturated heterocycles. The zero-order valence-corrected chi connectivity index (χ0v) is 8.60. The van der Waals surface area contributed by atoms with Crippen LogP contribution in [0.25, 0.3) is 0 Å². The van der Waals surface area contributed by atoms with E-state index in [4.69, 9.17) is 0 Å². The van der Waals surface area contributed by atoms with E-state index in [0.29, 0.717) is 12.8 Å². The summed E-state index contributed by atoms with van der Waals surface area (Å²) in [6.07, 6.45) is 12.6. The lowest BCUT2D eigenvalue weighted by atomic mass is 10.0. The second-order valence-corrected chi connectivity index (χ2v) is 3.81. The SMILES string of the molecule is O[C@@H]1CC/C=C\CC/C=C/CC[C@H]1O. The second-order valence-electron chi connectivity index (χ2n) is 3.81. The van der Waals surface area contributed by atoms with Crippen molar-refractivity contribution in [3.05, 3.63) is 24.3 Å². The van der Waals surface area contributed by atoms with Gasteiger partial charge >= 0.3 is 0 Å². The Labute approximate surface area is 86.0 Å². The molecule has 0 aromatic rings. The molecule has 0 fully saturated rings. The van der Waals surface area contributed by atoms with E-state index in [0.717, 1.165) is 25.7 Å². The summed E-state index contributed by atoms with van der Waals surface area (Å²) in [5.41, 5.74) is 0. The maximum Gasteiger partial charge on any atom is 0.0802 e. The van der Waals surface area contributed by atoms with E-state index < -0.39 is 12.2 Å². The summed E-state index contributed by atoms with van der Waals surface area (Å²) in [4.78, 5) is 0. The normalized spacial score (nSPS) is 35.3. The lowest BCUT2D eigenvalue weighted by Crippen LogP contribution is -2.25. The van der Waals surface area contributed by atoms with Gasteiger partial charge in [-0.15, -0.1) is 0 Å². The molecular formula is C12H20O2. The van der Waals surface area contributed by atoms with Crippen LogP contribution >= 0.6 is 0 Å². The zero-order valence-electron chi connectivity index (χ0n) is 8.60. The highest BCUT2D eigenvalue weighted by Crippen LogP contribution is 2.10. The fourth-order valence-electron chi connectivity index (χ4n) is 1.58. The van der Waals surface area contributed by atoms with Gasteiger partial charge in [0.1, 0.15) is 0 Å². The average molecular weight is 196 g/mol. The van der Waals surface area contributed by atoms with E-state index >= 15 is 0 Å². The van der Waals surface area contributed by atoms with Crippen molar-refractivity contribution in [3.8, 4) is 0 Å². The summed E-state index contributed by atoms with van der Waals surface area (Å²) in [7, 11) is 0. The molecule has 2 nitrogen and oxygen atoms in total. The molecule has 0 heterocycles. The van der Waals surface area contributed by atoms with Gasteiger partial charge in [-0.1, -0.05) is 24.3 Å². The predicted molar refractivity (Wildman–Crippen MR) is 58.0 cm³/mol. The molecule has 2 atom stereocenters. The minimum Gasteiger partial charge on any atom is -0.390 e. The topological polar surface area (TPSA) is 40.5 Å². The van der Waals surface area contributed by atoms with Crippen LogP contribution < -0.4 is 0 Å². The first-order valence-electron chi connectivity index (χ1n) is 5.47. The summed E-state index contributed by atoms with van der Waals surface area (Å²) >= 11 is 0. The second kappa shape index (κ2) is 6.80. The fourth-order valence-corrected chi connectivity index (χ4v) is 1.58. The smallest absolute Gasteiger partial charge is 0.0802 e. The zero-order chi connectivity index (χ0) is 10.2. The number of hydrogen-bond donors (Lipinski definition) is 2. The first-order valence-corrected chi connectivity index (χ1v) is 5.47. The maximum atomic E-state index is 9.55. The van der Waals surface area contributed by atoms with E-state index in [-0.39, 0.29) is 0 Å². The van der Waals surface area contributed by atoms with Gasteiger partial charge in [0.05, 0.1) is 12.2 Å². The average Bonchev–Trinajstić information content (AvgIpc) is 2.18. The molecule has 80 valence electrons.